The Morgan fingerprint density at radius 2 is 1.97 bits per heavy atom. The number of methoxy groups -OCH3 is 1. The Kier molecular flexibility index (Phi) is 6.77. The minimum Gasteiger partial charge on any atom is -0.493 e. The molecule has 3 aromatic rings. The summed E-state index contributed by atoms with van der Waals surface area (Å²) in [6, 6.07) is 10.1. The second-order valence-corrected chi connectivity index (χ2v) is 8.11. The molecule has 0 aliphatic carbocycles. The van der Waals surface area contributed by atoms with Gasteiger partial charge in [0.05, 0.1) is 12.8 Å². The van der Waals surface area contributed by atoms with Crippen molar-refractivity contribution in [1.82, 2.24) is 5.32 Å². The van der Waals surface area contributed by atoms with Crippen LogP contribution in [0.4, 0.5) is 10.1 Å². The summed E-state index contributed by atoms with van der Waals surface area (Å²) < 4.78 is 25.0. The van der Waals surface area contributed by atoms with Crippen LogP contribution in [0.3, 0.4) is 0 Å². The summed E-state index contributed by atoms with van der Waals surface area (Å²) in [7, 11) is 1.52. The fourth-order valence-corrected chi connectivity index (χ4v) is 3.40. The van der Waals surface area contributed by atoms with E-state index < -0.39 is 23.7 Å². The highest BCUT2D eigenvalue weighted by atomic mass is 79.9. The smallest absolute Gasteiger partial charge is 0.287 e. The summed E-state index contributed by atoms with van der Waals surface area (Å²) in [5.74, 6) is -0.728. The number of hydrogen-bond donors (Lipinski definition) is 2. The molecule has 1 atom stereocenters. The summed E-state index contributed by atoms with van der Waals surface area (Å²) in [4.78, 5) is 25.6. The SMILES string of the molecule is COc1cccc2cc(C(=O)N[C@@H](CC(C)C)C(=O)Nc3cc(F)ccc3Br)oc12. The van der Waals surface area contributed by atoms with Gasteiger partial charge in [-0.25, -0.2) is 4.39 Å². The molecule has 0 aliphatic rings. The van der Waals surface area contributed by atoms with E-state index in [1.165, 1.54) is 25.3 Å². The summed E-state index contributed by atoms with van der Waals surface area (Å²) in [6.45, 7) is 3.88. The number of nitrogens with one attached hydrogen (secondary N) is 2. The maximum absolute atomic E-state index is 13.5. The van der Waals surface area contributed by atoms with E-state index in [-0.39, 0.29) is 17.4 Å². The van der Waals surface area contributed by atoms with Crippen molar-refractivity contribution in [1.29, 1.82) is 0 Å². The average Bonchev–Trinajstić information content (AvgIpc) is 3.14. The molecule has 6 nitrogen and oxygen atoms in total. The summed E-state index contributed by atoms with van der Waals surface area (Å²) in [5, 5.41) is 6.11. The molecule has 0 saturated carbocycles. The Balaban J connectivity index is 1.81. The number of carbonyl (C=O) groups is 2. The molecule has 1 aromatic heterocycles. The zero-order chi connectivity index (χ0) is 21.8. The zero-order valence-electron chi connectivity index (χ0n) is 16.8. The van der Waals surface area contributed by atoms with Crippen LogP contribution in [-0.4, -0.2) is 25.0 Å². The van der Waals surface area contributed by atoms with Crippen LogP contribution in [0.1, 0.15) is 30.8 Å². The minimum absolute atomic E-state index is 0.0722. The molecule has 3 rings (SSSR count). The van der Waals surface area contributed by atoms with Gasteiger partial charge < -0.3 is 19.8 Å². The van der Waals surface area contributed by atoms with Gasteiger partial charge in [0.15, 0.2) is 17.1 Å². The van der Waals surface area contributed by atoms with Gasteiger partial charge in [-0.15, -0.1) is 0 Å². The summed E-state index contributed by atoms with van der Waals surface area (Å²) in [5.41, 5.74) is 0.746. The monoisotopic (exact) mass is 476 g/mol. The molecule has 8 heteroatoms. The normalized spacial score (nSPS) is 12.1. The Morgan fingerprint density at radius 1 is 1.20 bits per heavy atom. The molecule has 1 heterocycles. The van der Waals surface area contributed by atoms with E-state index in [2.05, 4.69) is 26.6 Å². The van der Waals surface area contributed by atoms with Crippen molar-refractivity contribution < 1.29 is 23.1 Å². The van der Waals surface area contributed by atoms with Crippen molar-refractivity contribution >= 4 is 44.4 Å². The molecule has 0 spiro atoms. The Bertz CT molecular complexity index is 1080. The van der Waals surface area contributed by atoms with Gasteiger partial charge in [-0.2, -0.15) is 0 Å². The number of anilines is 1. The second kappa shape index (κ2) is 9.30. The average molecular weight is 477 g/mol. The standard InChI is InChI=1S/C22H22BrFN2O4/c1-12(2)9-17(21(27)25-16-11-14(24)7-8-15(16)23)26-22(28)19-10-13-5-4-6-18(29-3)20(13)30-19/h4-8,10-12,17H,9H2,1-3H3,(H,25,27)(H,26,28)/t17-/m0/s1. The molecule has 158 valence electrons. The van der Waals surface area contributed by atoms with Gasteiger partial charge in [0.2, 0.25) is 5.91 Å². The number of halogens is 2. The highest BCUT2D eigenvalue weighted by molar-refractivity contribution is 9.10. The second-order valence-electron chi connectivity index (χ2n) is 7.26. The van der Waals surface area contributed by atoms with Crippen LogP contribution in [0.5, 0.6) is 5.75 Å². The number of para-hydroxylation sites is 1. The Labute approximate surface area is 181 Å². The van der Waals surface area contributed by atoms with E-state index in [0.717, 1.165) is 0 Å². The molecule has 2 amide bonds. The highest BCUT2D eigenvalue weighted by Gasteiger charge is 2.25. The molecular formula is C22H22BrFN2O4. The van der Waals surface area contributed by atoms with Crippen molar-refractivity contribution in [3.8, 4) is 5.75 Å². The van der Waals surface area contributed by atoms with Crippen LogP contribution in [0.2, 0.25) is 0 Å². The van der Waals surface area contributed by atoms with E-state index in [0.29, 0.717) is 27.6 Å². The predicted molar refractivity (Wildman–Crippen MR) is 116 cm³/mol. The van der Waals surface area contributed by atoms with Crippen molar-refractivity contribution in [3.63, 3.8) is 0 Å². The predicted octanol–water partition coefficient (Wildman–Crippen LogP) is 5.13. The van der Waals surface area contributed by atoms with Crippen molar-refractivity contribution in [2.75, 3.05) is 12.4 Å². The van der Waals surface area contributed by atoms with E-state index >= 15 is 0 Å². The molecule has 2 N–H and O–H groups in total. The quantitative estimate of drug-likeness (QED) is 0.495. The van der Waals surface area contributed by atoms with E-state index in [9.17, 15) is 14.0 Å². The van der Waals surface area contributed by atoms with E-state index in [1.54, 1.807) is 24.3 Å². The summed E-state index contributed by atoms with van der Waals surface area (Å²) in [6.07, 6.45) is 0.397. The Morgan fingerprint density at radius 3 is 2.67 bits per heavy atom. The lowest BCUT2D eigenvalue weighted by Crippen LogP contribution is -2.44. The van der Waals surface area contributed by atoms with Crippen LogP contribution >= 0.6 is 15.9 Å². The number of hydrogen-bond acceptors (Lipinski definition) is 4. The lowest BCUT2D eigenvalue weighted by molar-refractivity contribution is -0.118. The first-order valence-electron chi connectivity index (χ1n) is 9.41. The number of rotatable bonds is 7. The largest absolute Gasteiger partial charge is 0.493 e. The number of amides is 2. The van der Waals surface area contributed by atoms with E-state index in [1.807, 2.05) is 13.8 Å². The minimum atomic E-state index is -0.831. The van der Waals surface area contributed by atoms with Crippen molar-refractivity contribution in [2.24, 2.45) is 5.92 Å². The van der Waals surface area contributed by atoms with Crippen molar-refractivity contribution in [2.45, 2.75) is 26.3 Å². The molecule has 0 saturated heterocycles. The Hall–Kier alpha value is -2.87. The van der Waals surface area contributed by atoms with E-state index in [4.69, 9.17) is 9.15 Å². The van der Waals surface area contributed by atoms with Gasteiger partial charge in [-0.3, -0.25) is 9.59 Å². The van der Waals surface area contributed by atoms with Gasteiger partial charge >= 0.3 is 0 Å². The fourth-order valence-electron chi connectivity index (χ4n) is 3.05. The first-order chi connectivity index (χ1) is 14.3. The van der Waals surface area contributed by atoms with Gasteiger partial charge in [0.25, 0.3) is 5.91 Å². The highest BCUT2D eigenvalue weighted by Crippen LogP contribution is 2.28. The third-order valence-corrected chi connectivity index (χ3v) is 5.16. The molecule has 0 fully saturated rings. The first-order valence-corrected chi connectivity index (χ1v) is 10.2. The summed E-state index contributed by atoms with van der Waals surface area (Å²) >= 11 is 3.28. The van der Waals surface area contributed by atoms with Crippen LogP contribution in [-0.2, 0) is 4.79 Å². The molecule has 2 aromatic carbocycles. The number of furan rings is 1. The number of ether oxygens (including phenoxy) is 1. The van der Waals surface area contributed by atoms with Crippen LogP contribution in [0.15, 0.2) is 51.4 Å². The topological polar surface area (TPSA) is 80.6 Å². The molecule has 0 bridgehead atoms. The maximum atomic E-state index is 13.5. The lowest BCUT2D eigenvalue weighted by atomic mass is 10.0. The molecule has 0 unspecified atom stereocenters. The van der Waals surface area contributed by atoms with Gasteiger partial charge in [-0.1, -0.05) is 26.0 Å². The number of fused-ring (bicyclic) bond motifs is 1. The molecule has 0 radical (unpaired) electrons. The van der Waals surface area contributed by atoms with Crippen LogP contribution in [0, 0.1) is 11.7 Å². The van der Waals surface area contributed by atoms with Crippen LogP contribution < -0.4 is 15.4 Å². The molecule has 30 heavy (non-hydrogen) atoms. The molecule has 0 aliphatic heterocycles. The lowest BCUT2D eigenvalue weighted by Gasteiger charge is -2.20. The number of benzene rings is 2. The van der Waals surface area contributed by atoms with Crippen LogP contribution in [0.25, 0.3) is 11.0 Å². The molecular weight excluding hydrogens is 455 g/mol. The first kappa shape index (κ1) is 21.8. The van der Waals surface area contributed by atoms with Gasteiger partial charge in [0.1, 0.15) is 11.9 Å². The van der Waals surface area contributed by atoms with Gasteiger partial charge in [-0.05, 0) is 58.6 Å². The third-order valence-electron chi connectivity index (χ3n) is 4.47. The number of carbonyl (C=O) groups excluding carboxylic acids is 2. The zero-order valence-corrected chi connectivity index (χ0v) is 18.4. The van der Waals surface area contributed by atoms with Gasteiger partial charge in [0, 0.05) is 9.86 Å². The third kappa shape index (κ3) is 4.99. The fraction of sp³-hybridized carbons (Fsp3) is 0.273. The maximum Gasteiger partial charge on any atom is 0.287 e. The van der Waals surface area contributed by atoms with Crippen molar-refractivity contribution in [3.05, 3.63) is 58.5 Å².